The summed E-state index contributed by atoms with van der Waals surface area (Å²) >= 11 is 1.20. The number of carbonyl (C=O) groups is 2. The normalized spacial score (nSPS) is 15.4. The number of pyridine rings is 1. The van der Waals surface area contributed by atoms with E-state index in [0.29, 0.717) is 68.7 Å². The van der Waals surface area contributed by atoms with E-state index in [4.69, 9.17) is 9.40 Å². The third-order valence-electron chi connectivity index (χ3n) is 8.16. The molecule has 2 aromatic carbocycles. The Morgan fingerprint density at radius 2 is 1.78 bits per heavy atom. The van der Waals surface area contributed by atoms with Crippen molar-refractivity contribution >= 4 is 23.2 Å². The Morgan fingerprint density at radius 1 is 0.978 bits per heavy atom. The minimum Gasteiger partial charge on any atom is -0.421 e. The molecule has 0 radical (unpaired) electrons. The van der Waals surface area contributed by atoms with Crippen LogP contribution in [0.1, 0.15) is 67.3 Å². The van der Waals surface area contributed by atoms with Gasteiger partial charge in [-0.3, -0.25) is 14.6 Å². The smallest absolute Gasteiger partial charge is 0.261 e. The van der Waals surface area contributed by atoms with Crippen LogP contribution in [0.5, 0.6) is 0 Å². The summed E-state index contributed by atoms with van der Waals surface area (Å²) in [4.78, 5) is 35.0. The molecule has 7 rings (SSSR count). The standard InChI is InChI=1S/C33H26F3N5O3S/c1-17-39-40-32(44-17)27-23(11-7-18-4-8-20(34)9-5-18)38-30-24-3-2-14-41(24)33(43)29(30)28(27)25-12-13-26(45-25)31(42)37-16-19-6-10-21(35)22(36)15-19/h4-6,8-10,12-13,15,24H,2-3,7,11,14,16H2,1H3,(H,37,42)/t24-/m0/s1. The van der Waals surface area contributed by atoms with Crippen molar-refractivity contribution in [3.8, 4) is 21.9 Å². The van der Waals surface area contributed by atoms with Gasteiger partial charge in [-0.25, -0.2) is 13.2 Å². The molecule has 0 spiro atoms. The molecule has 45 heavy (non-hydrogen) atoms. The Bertz CT molecular complexity index is 1960. The Kier molecular flexibility index (Phi) is 7.44. The number of halogens is 3. The van der Waals surface area contributed by atoms with Crippen LogP contribution in [0.3, 0.4) is 0 Å². The summed E-state index contributed by atoms with van der Waals surface area (Å²) in [5, 5.41) is 11.1. The average molecular weight is 630 g/mol. The second-order valence-corrected chi connectivity index (χ2v) is 12.2. The van der Waals surface area contributed by atoms with Crippen LogP contribution in [0.2, 0.25) is 0 Å². The fourth-order valence-electron chi connectivity index (χ4n) is 6.03. The Balaban J connectivity index is 1.31. The fourth-order valence-corrected chi connectivity index (χ4v) is 7.01. The molecule has 0 saturated carbocycles. The van der Waals surface area contributed by atoms with Gasteiger partial charge in [-0.15, -0.1) is 21.5 Å². The summed E-state index contributed by atoms with van der Waals surface area (Å²) in [5.41, 5.74) is 4.27. The second-order valence-electron chi connectivity index (χ2n) is 11.1. The van der Waals surface area contributed by atoms with E-state index in [1.54, 1.807) is 31.2 Å². The topological polar surface area (TPSA) is 101 Å². The van der Waals surface area contributed by atoms with Gasteiger partial charge in [0, 0.05) is 30.5 Å². The van der Waals surface area contributed by atoms with Crippen molar-refractivity contribution in [2.45, 2.75) is 45.2 Å². The molecule has 228 valence electrons. The van der Waals surface area contributed by atoms with Gasteiger partial charge in [-0.1, -0.05) is 18.2 Å². The van der Waals surface area contributed by atoms with Crippen molar-refractivity contribution in [3.05, 3.63) is 111 Å². The SMILES string of the molecule is Cc1nnc(-c2c(CCc3ccc(F)cc3)nc3c(c2-c2ccc(C(=O)NCc4ccc(F)c(F)c4)s2)C(=O)N2CCC[C@@H]32)o1. The molecule has 5 aromatic rings. The summed E-state index contributed by atoms with van der Waals surface area (Å²) in [5.74, 6) is -2.24. The van der Waals surface area contributed by atoms with Gasteiger partial charge in [0.15, 0.2) is 11.6 Å². The summed E-state index contributed by atoms with van der Waals surface area (Å²) in [6.45, 7) is 2.31. The summed E-state index contributed by atoms with van der Waals surface area (Å²) in [7, 11) is 0. The quantitative estimate of drug-likeness (QED) is 0.208. The highest BCUT2D eigenvalue weighted by Crippen LogP contribution is 2.49. The molecule has 2 amide bonds. The van der Waals surface area contributed by atoms with Crippen molar-refractivity contribution in [1.29, 1.82) is 0 Å². The van der Waals surface area contributed by atoms with E-state index in [0.717, 1.165) is 30.5 Å². The lowest BCUT2D eigenvalue weighted by Crippen LogP contribution is -2.23. The summed E-state index contributed by atoms with van der Waals surface area (Å²) < 4.78 is 46.5. The first-order valence-electron chi connectivity index (χ1n) is 14.5. The number of hydrogen-bond acceptors (Lipinski definition) is 7. The fraction of sp³-hybridized carbons (Fsp3) is 0.242. The van der Waals surface area contributed by atoms with Crippen LogP contribution in [-0.2, 0) is 19.4 Å². The van der Waals surface area contributed by atoms with Gasteiger partial charge in [-0.05, 0) is 73.2 Å². The van der Waals surface area contributed by atoms with E-state index in [-0.39, 0.29) is 30.2 Å². The van der Waals surface area contributed by atoms with Crippen LogP contribution in [-0.4, -0.2) is 38.4 Å². The van der Waals surface area contributed by atoms with Gasteiger partial charge >= 0.3 is 0 Å². The summed E-state index contributed by atoms with van der Waals surface area (Å²) in [6.07, 6.45) is 2.68. The molecular formula is C33H26F3N5O3S. The maximum atomic E-state index is 13.9. The molecule has 1 N–H and O–H groups in total. The first-order chi connectivity index (χ1) is 21.8. The van der Waals surface area contributed by atoms with Gasteiger partial charge in [-0.2, -0.15) is 0 Å². The van der Waals surface area contributed by atoms with Crippen LogP contribution in [0.15, 0.2) is 59.0 Å². The second kappa shape index (κ2) is 11.6. The number of aryl methyl sites for hydroxylation is 3. The van der Waals surface area contributed by atoms with Crippen molar-refractivity contribution in [1.82, 2.24) is 25.4 Å². The first kappa shape index (κ1) is 28.9. The Labute approximate surface area is 259 Å². The van der Waals surface area contributed by atoms with Gasteiger partial charge in [0.25, 0.3) is 11.8 Å². The monoisotopic (exact) mass is 629 g/mol. The lowest BCUT2D eigenvalue weighted by Gasteiger charge is -2.16. The molecule has 3 aromatic heterocycles. The zero-order valence-corrected chi connectivity index (χ0v) is 24.9. The van der Waals surface area contributed by atoms with Crippen LogP contribution >= 0.6 is 11.3 Å². The van der Waals surface area contributed by atoms with Crippen LogP contribution in [0.25, 0.3) is 21.9 Å². The molecule has 1 atom stereocenters. The highest BCUT2D eigenvalue weighted by atomic mass is 32.1. The van der Waals surface area contributed by atoms with E-state index in [2.05, 4.69) is 15.5 Å². The van der Waals surface area contributed by atoms with Crippen LogP contribution < -0.4 is 5.32 Å². The molecule has 12 heteroatoms. The van der Waals surface area contributed by atoms with E-state index in [1.165, 1.54) is 29.5 Å². The Hall–Kier alpha value is -4.84. The molecule has 2 aliphatic heterocycles. The van der Waals surface area contributed by atoms with E-state index in [9.17, 15) is 22.8 Å². The molecule has 5 heterocycles. The molecular weight excluding hydrogens is 603 g/mol. The van der Waals surface area contributed by atoms with Gasteiger partial charge < -0.3 is 14.6 Å². The number of hydrogen-bond donors (Lipinski definition) is 1. The third-order valence-corrected chi connectivity index (χ3v) is 9.26. The van der Waals surface area contributed by atoms with Crippen molar-refractivity contribution in [2.24, 2.45) is 0 Å². The number of nitrogens with one attached hydrogen (secondary N) is 1. The van der Waals surface area contributed by atoms with Gasteiger partial charge in [0.1, 0.15) is 5.82 Å². The average Bonchev–Trinajstić information content (AvgIpc) is 3.84. The lowest BCUT2D eigenvalue weighted by atomic mass is 9.93. The maximum Gasteiger partial charge on any atom is 0.261 e. The third kappa shape index (κ3) is 5.39. The lowest BCUT2D eigenvalue weighted by molar-refractivity contribution is 0.0776. The highest BCUT2D eigenvalue weighted by Gasteiger charge is 2.44. The van der Waals surface area contributed by atoms with Crippen molar-refractivity contribution < 1.29 is 27.2 Å². The Morgan fingerprint density at radius 3 is 2.53 bits per heavy atom. The largest absolute Gasteiger partial charge is 0.421 e. The molecule has 0 aliphatic carbocycles. The van der Waals surface area contributed by atoms with E-state index in [1.807, 2.05) is 4.90 Å². The number of rotatable bonds is 8. The molecule has 2 aliphatic rings. The number of aromatic nitrogens is 3. The molecule has 1 fully saturated rings. The molecule has 0 unspecified atom stereocenters. The number of benzene rings is 2. The van der Waals surface area contributed by atoms with E-state index >= 15 is 0 Å². The maximum absolute atomic E-state index is 13.9. The minimum absolute atomic E-state index is 0.00307. The number of amides is 2. The van der Waals surface area contributed by atoms with Gasteiger partial charge in [0.05, 0.1) is 33.4 Å². The number of carbonyl (C=O) groups excluding carboxylic acids is 2. The minimum atomic E-state index is -0.990. The van der Waals surface area contributed by atoms with Crippen LogP contribution in [0.4, 0.5) is 13.2 Å². The zero-order chi connectivity index (χ0) is 31.2. The molecule has 0 bridgehead atoms. The van der Waals surface area contributed by atoms with Crippen molar-refractivity contribution in [3.63, 3.8) is 0 Å². The van der Waals surface area contributed by atoms with E-state index < -0.39 is 17.5 Å². The zero-order valence-electron chi connectivity index (χ0n) is 24.1. The predicted octanol–water partition coefficient (Wildman–Crippen LogP) is 6.59. The first-order valence-corrected chi connectivity index (χ1v) is 15.3. The summed E-state index contributed by atoms with van der Waals surface area (Å²) in [6, 6.07) is 13.0. The molecule has 1 saturated heterocycles. The predicted molar refractivity (Wildman–Crippen MR) is 160 cm³/mol. The number of fused-ring (bicyclic) bond motifs is 3. The van der Waals surface area contributed by atoms with Gasteiger partial charge in [0.2, 0.25) is 11.8 Å². The number of thiophene rings is 1. The molecule has 8 nitrogen and oxygen atoms in total. The van der Waals surface area contributed by atoms with Crippen molar-refractivity contribution in [2.75, 3.05) is 6.54 Å². The van der Waals surface area contributed by atoms with Crippen LogP contribution in [0, 0.1) is 24.4 Å². The highest BCUT2D eigenvalue weighted by molar-refractivity contribution is 7.17. The number of nitrogens with zero attached hydrogens (tertiary/aromatic N) is 4.